The fourth-order valence-corrected chi connectivity index (χ4v) is 0. The molecule has 0 aliphatic heterocycles. The predicted molar refractivity (Wildman–Crippen MR) is 25.2 cm³/mol. The van der Waals surface area contributed by atoms with Gasteiger partial charge in [-0.2, -0.15) is 0 Å². The van der Waals surface area contributed by atoms with Gasteiger partial charge in [-0.15, -0.1) is 0 Å². The second kappa shape index (κ2) is 84.4. The first-order valence-electron chi connectivity index (χ1n) is 0.739. The third-order valence-corrected chi connectivity index (χ3v) is 0. The Morgan fingerprint density at radius 2 is 1.00 bits per heavy atom. The molecule has 0 aromatic carbocycles. The molecule has 0 bridgehead atoms. The molecule has 0 radical (unpaired) electrons. The topological polar surface area (TPSA) is 34.1 Å². The Balaban J connectivity index is -0.0000000360. The Hall–Kier alpha value is 0.543. The number of hydrogen-bond acceptors (Lipinski definition) is 2. The normalized spacial score (nSPS) is 3.71. The van der Waals surface area contributed by atoms with E-state index >= 15 is 0 Å². The van der Waals surface area contributed by atoms with Crippen molar-refractivity contribution in [3.05, 3.63) is 0 Å². The van der Waals surface area contributed by atoms with Crippen LogP contribution in [-0.2, 0) is 24.7 Å². The molecule has 0 unspecified atom stereocenters. The maximum absolute atomic E-state index is 7.75. The van der Waals surface area contributed by atoms with Crippen LogP contribution >= 0.6 is 19.4 Å². The van der Waals surface area contributed by atoms with Gasteiger partial charge in [0.15, 0.2) is 0 Å². The van der Waals surface area contributed by atoms with Gasteiger partial charge in [0.05, 0.1) is 0 Å². The van der Waals surface area contributed by atoms with Crippen molar-refractivity contribution >= 4 is 33.0 Å². The molecule has 0 aliphatic rings. The minimum absolute atomic E-state index is 0.346. The molecule has 2 nitrogen and oxygen atoms in total. The van der Waals surface area contributed by atoms with E-state index in [-0.39, 0.29) is 15.1 Å². The van der Waals surface area contributed by atoms with Gasteiger partial charge in [0, 0.05) is 0 Å². The first-order chi connectivity index (χ1) is 3.41. The van der Waals surface area contributed by atoms with Crippen molar-refractivity contribution in [2.75, 3.05) is 0 Å². The van der Waals surface area contributed by atoms with Crippen LogP contribution in [0.3, 0.4) is 0 Å². The van der Waals surface area contributed by atoms with Gasteiger partial charge >= 0.3 is 34.5 Å². The van der Waals surface area contributed by atoms with Gasteiger partial charge in [-0.3, -0.25) is 13.6 Å². The van der Waals surface area contributed by atoms with Crippen molar-refractivity contribution in [1.82, 2.24) is 0 Å². The summed E-state index contributed by atoms with van der Waals surface area (Å²) >= 11 is -0.346. The molecular weight excluding hydrogens is 228 g/mol. The van der Waals surface area contributed by atoms with Gasteiger partial charge in [0.25, 0.3) is 0 Å². The third-order valence-electron chi connectivity index (χ3n) is 0. The van der Waals surface area contributed by atoms with Crippen LogP contribution in [0.1, 0.15) is 0 Å². The quantitative estimate of drug-likeness (QED) is 0.351. The predicted octanol–water partition coefficient (Wildman–Crippen LogP) is 0.828. The SMILES string of the molecule is [CH-]=O.[CH-]=O.[Cl][Ru+2][Cl]. The van der Waals surface area contributed by atoms with Crippen molar-refractivity contribution in [3.63, 3.8) is 0 Å². The molecule has 0 spiro atoms. The zero-order valence-corrected chi connectivity index (χ0v) is 6.33. The van der Waals surface area contributed by atoms with E-state index in [0.29, 0.717) is 0 Å². The summed E-state index contributed by atoms with van der Waals surface area (Å²) in [4.78, 5) is 15.5. The van der Waals surface area contributed by atoms with E-state index in [1.54, 1.807) is 0 Å². The summed E-state index contributed by atoms with van der Waals surface area (Å²) in [5.74, 6) is 0. The summed E-state index contributed by atoms with van der Waals surface area (Å²) in [5.41, 5.74) is 0. The number of hydrogen-bond donors (Lipinski definition) is 0. The number of halogens is 2. The second-order valence-electron chi connectivity index (χ2n) is 0.0505. The number of carbonyl (C=O) groups excluding carboxylic acids is 2. The van der Waals surface area contributed by atoms with E-state index in [9.17, 15) is 0 Å². The third kappa shape index (κ3) is 457. The Labute approximate surface area is 57.9 Å². The zero-order valence-electron chi connectivity index (χ0n) is 3.08. The van der Waals surface area contributed by atoms with E-state index in [1.807, 2.05) is 0 Å². The first-order valence-corrected chi connectivity index (χ1v) is 5.21. The van der Waals surface area contributed by atoms with Crippen molar-refractivity contribution in [2.24, 2.45) is 0 Å². The summed E-state index contributed by atoms with van der Waals surface area (Å²) in [6.07, 6.45) is 0. The molecule has 0 atom stereocenters. The average molecular weight is 230 g/mol. The van der Waals surface area contributed by atoms with Crippen molar-refractivity contribution in [1.29, 1.82) is 0 Å². The number of rotatable bonds is 0. The summed E-state index contributed by atoms with van der Waals surface area (Å²) in [6.45, 7) is 6.50. The van der Waals surface area contributed by atoms with E-state index in [2.05, 4.69) is 13.6 Å². The Bertz CT molecular complexity index is 21.2. The Morgan fingerprint density at radius 1 is 1.00 bits per heavy atom. The van der Waals surface area contributed by atoms with Gasteiger partial charge in [0.1, 0.15) is 0 Å². The molecule has 5 heteroatoms. The molecule has 7 heavy (non-hydrogen) atoms. The first kappa shape index (κ1) is 15.6. The molecule has 0 N–H and O–H groups in total. The molecule has 0 saturated heterocycles. The molecule has 0 aromatic rings. The van der Waals surface area contributed by atoms with Crippen LogP contribution in [0.4, 0.5) is 0 Å². The maximum atomic E-state index is 7.75. The second-order valence-corrected chi connectivity index (χ2v) is 2.69. The molecule has 0 heterocycles. The summed E-state index contributed by atoms with van der Waals surface area (Å²) in [7, 11) is 9.71. The van der Waals surface area contributed by atoms with Gasteiger partial charge in [0.2, 0.25) is 0 Å². The fourth-order valence-electron chi connectivity index (χ4n) is 0. The summed E-state index contributed by atoms with van der Waals surface area (Å²) in [5, 5.41) is 0. The molecule has 0 aromatic heterocycles. The van der Waals surface area contributed by atoms with E-state index in [4.69, 9.17) is 29.0 Å². The average Bonchev–Trinajstić information content (AvgIpc) is 1.78. The van der Waals surface area contributed by atoms with Crippen LogP contribution in [0.25, 0.3) is 0 Å². The van der Waals surface area contributed by atoms with Crippen LogP contribution in [0.15, 0.2) is 0 Å². The van der Waals surface area contributed by atoms with Crippen LogP contribution in [0, 0.1) is 0 Å². The summed E-state index contributed by atoms with van der Waals surface area (Å²) in [6, 6.07) is 0. The molecule has 0 saturated carbocycles. The molecule has 0 rings (SSSR count). The zero-order chi connectivity index (χ0) is 6.71. The summed E-state index contributed by atoms with van der Waals surface area (Å²) < 4.78 is 0. The van der Waals surface area contributed by atoms with Crippen LogP contribution in [-0.4, -0.2) is 13.6 Å². The molecule has 44 valence electrons. The van der Waals surface area contributed by atoms with Crippen LogP contribution in [0.2, 0.25) is 0 Å². The Morgan fingerprint density at radius 3 is 1.00 bits per heavy atom. The molecule has 0 fully saturated rings. The van der Waals surface area contributed by atoms with Gasteiger partial charge in [-0.1, -0.05) is 0 Å². The van der Waals surface area contributed by atoms with E-state index in [1.165, 1.54) is 0 Å². The van der Waals surface area contributed by atoms with Gasteiger partial charge in [-0.05, 0) is 0 Å². The van der Waals surface area contributed by atoms with Crippen LogP contribution in [0.5, 0.6) is 0 Å². The fraction of sp³-hybridized carbons (Fsp3) is 0. The van der Waals surface area contributed by atoms with Crippen molar-refractivity contribution in [3.8, 4) is 0 Å². The molecule has 0 amide bonds. The van der Waals surface area contributed by atoms with E-state index in [0.717, 1.165) is 0 Å². The monoisotopic (exact) mass is 230 g/mol. The minimum atomic E-state index is -0.346. The van der Waals surface area contributed by atoms with Gasteiger partial charge in [-0.25, -0.2) is 0 Å². The van der Waals surface area contributed by atoms with Gasteiger partial charge < -0.3 is 9.59 Å². The molecule has 0 aliphatic carbocycles. The van der Waals surface area contributed by atoms with E-state index < -0.39 is 0 Å². The standard InChI is InChI=1S/2CHO.2ClH.Ru/c2*1-2;;;/h2*1H;2*1H;/q2*-1;;;+4/p-2. The van der Waals surface area contributed by atoms with Crippen molar-refractivity contribution < 1.29 is 24.7 Å². The van der Waals surface area contributed by atoms with Crippen molar-refractivity contribution in [2.45, 2.75) is 0 Å². The molecular formula is C2H2Cl2O2Ru. The Kier molecular flexibility index (Phi) is 189. The van der Waals surface area contributed by atoms with Crippen LogP contribution < -0.4 is 0 Å².